The summed E-state index contributed by atoms with van der Waals surface area (Å²) in [6, 6.07) is 2.00. The number of likely N-dealkylation sites (N-methyl/N-ethyl adjacent to an activating group) is 1. The fraction of sp³-hybridized carbons (Fsp3) is 0.533. The lowest BCUT2D eigenvalue weighted by atomic mass is 10.2. The minimum Gasteiger partial charge on any atom is -0.368 e. The normalized spacial score (nSPS) is 18.9. The first kappa shape index (κ1) is 14.4. The van der Waals surface area contributed by atoms with Gasteiger partial charge in [0.25, 0.3) is 0 Å². The monoisotopic (exact) mass is 314 g/mol. The van der Waals surface area contributed by atoms with Crippen molar-refractivity contribution < 1.29 is 0 Å². The Labute approximate surface area is 135 Å². The van der Waals surface area contributed by atoms with Crippen molar-refractivity contribution in [3.05, 3.63) is 18.1 Å². The molecular weight excluding hydrogens is 292 g/mol. The van der Waals surface area contributed by atoms with Gasteiger partial charge in [-0.25, -0.2) is 9.97 Å². The highest BCUT2D eigenvalue weighted by molar-refractivity contribution is 5.61. The molecule has 0 saturated carbocycles. The van der Waals surface area contributed by atoms with E-state index in [2.05, 4.69) is 47.9 Å². The molecule has 0 atom stereocenters. The summed E-state index contributed by atoms with van der Waals surface area (Å²) in [5, 5.41) is 3.33. The number of nitrogens with zero attached hydrogens (tertiary/aromatic N) is 6. The molecule has 1 saturated heterocycles. The van der Waals surface area contributed by atoms with Crippen LogP contribution >= 0.6 is 0 Å². The summed E-state index contributed by atoms with van der Waals surface area (Å²) >= 11 is 0. The van der Waals surface area contributed by atoms with Crippen LogP contribution < -0.4 is 16.0 Å². The second kappa shape index (κ2) is 5.78. The lowest BCUT2D eigenvalue weighted by molar-refractivity contribution is 0.312. The molecule has 3 N–H and O–H groups in total. The average molecular weight is 314 g/mol. The van der Waals surface area contributed by atoms with E-state index in [0.29, 0.717) is 5.95 Å². The van der Waals surface area contributed by atoms with Gasteiger partial charge in [0.1, 0.15) is 17.3 Å². The zero-order chi connectivity index (χ0) is 15.8. The van der Waals surface area contributed by atoms with Crippen LogP contribution in [0.1, 0.15) is 5.82 Å². The van der Waals surface area contributed by atoms with Gasteiger partial charge in [0.2, 0.25) is 5.95 Å². The molecule has 0 aromatic carbocycles. The molecule has 2 aromatic rings. The number of imidazole rings is 1. The van der Waals surface area contributed by atoms with Crippen LogP contribution in [0.5, 0.6) is 0 Å². The van der Waals surface area contributed by atoms with Crippen molar-refractivity contribution in [2.24, 2.45) is 0 Å². The zero-order valence-corrected chi connectivity index (χ0v) is 13.4. The Balaban J connectivity index is 1.65. The van der Waals surface area contributed by atoms with Gasteiger partial charge in [-0.05, 0) is 7.05 Å². The summed E-state index contributed by atoms with van der Waals surface area (Å²) in [5.74, 6) is 2.25. The standard InChI is InChI=1S/C15H22N8/c1-21-4-6-22(7-5-21)13-8-11(19-15(16)20-13)12-10-23-3-2-17-9-14(23)18-12/h8,10,17H,2-7,9H2,1H3,(H2,16,19,20). The predicted molar refractivity (Wildman–Crippen MR) is 89.1 cm³/mol. The van der Waals surface area contributed by atoms with Gasteiger partial charge >= 0.3 is 0 Å². The molecule has 2 aromatic heterocycles. The van der Waals surface area contributed by atoms with E-state index in [9.17, 15) is 0 Å². The SMILES string of the molecule is CN1CCN(c2cc(-c3cn4c(n3)CNCC4)nc(N)n2)CC1. The molecule has 0 amide bonds. The Bertz CT molecular complexity index is 678. The highest BCUT2D eigenvalue weighted by Gasteiger charge is 2.19. The molecule has 8 nitrogen and oxygen atoms in total. The Hall–Kier alpha value is -2.19. The van der Waals surface area contributed by atoms with Crippen LogP contribution in [0.25, 0.3) is 11.4 Å². The number of fused-ring (bicyclic) bond motifs is 1. The van der Waals surface area contributed by atoms with E-state index in [1.54, 1.807) is 0 Å². The first-order valence-electron chi connectivity index (χ1n) is 8.04. The first-order valence-corrected chi connectivity index (χ1v) is 8.04. The number of nitrogens with one attached hydrogen (secondary N) is 1. The molecule has 122 valence electrons. The average Bonchev–Trinajstić information content (AvgIpc) is 2.99. The van der Waals surface area contributed by atoms with Crippen LogP contribution in [0.15, 0.2) is 12.3 Å². The van der Waals surface area contributed by atoms with Crippen LogP contribution in [0, 0.1) is 0 Å². The molecule has 8 heteroatoms. The molecule has 0 unspecified atom stereocenters. The molecule has 4 rings (SSSR count). The Morgan fingerprint density at radius 2 is 1.87 bits per heavy atom. The van der Waals surface area contributed by atoms with Crippen LogP contribution in [0.2, 0.25) is 0 Å². The van der Waals surface area contributed by atoms with Gasteiger partial charge in [-0.3, -0.25) is 0 Å². The van der Waals surface area contributed by atoms with Gasteiger partial charge in [0, 0.05) is 51.5 Å². The maximum absolute atomic E-state index is 5.95. The van der Waals surface area contributed by atoms with Crippen LogP contribution in [-0.2, 0) is 13.1 Å². The number of hydrogen-bond donors (Lipinski definition) is 2. The summed E-state index contributed by atoms with van der Waals surface area (Å²) < 4.78 is 2.18. The van der Waals surface area contributed by atoms with E-state index in [4.69, 9.17) is 5.73 Å². The molecule has 0 spiro atoms. The van der Waals surface area contributed by atoms with Crippen molar-refractivity contribution in [1.82, 2.24) is 29.7 Å². The van der Waals surface area contributed by atoms with Gasteiger partial charge in [-0.2, -0.15) is 4.98 Å². The smallest absolute Gasteiger partial charge is 0.222 e. The third-order valence-electron chi connectivity index (χ3n) is 4.49. The summed E-state index contributed by atoms with van der Waals surface area (Å²) in [6.07, 6.45) is 2.06. The number of nitrogens with two attached hydrogens (primary N) is 1. The minimum absolute atomic E-state index is 0.306. The molecule has 1 fully saturated rings. The topological polar surface area (TPSA) is 88.1 Å². The lowest BCUT2D eigenvalue weighted by Crippen LogP contribution is -2.44. The van der Waals surface area contributed by atoms with Gasteiger partial charge in [-0.15, -0.1) is 0 Å². The summed E-state index contributed by atoms with van der Waals surface area (Å²) in [6.45, 7) is 6.68. The van der Waals surface area contributed by atoms with E-state index in [1.165, 1.54) is 0 Å². The minimum atomic E-state index is 0.306. The molecule has 2 aliphatic heterocycles. The predicted octanol–water partition coefficient (Wildman–Crippen LogP) is -0.223. The second-order valence-corrected chi connectivity index (χ2v) is 6.17. The molecule has 23 heavy (non-hydrogen) atoms. The van der Waals surface area contributed by atoms with Crippen molar-refractivity contribution in [1.29, 1.82) is 0 Å². The fourth-order valence-corrected chi connectivity index (χ4v) is 3.09. The van der Waals surface area contributed by atoms with Crippen molar-refractivity contribution in [3.8, 4) is 11.4 Å². The number of nitrogen functional groups attached to an aromatic ring is 1. The number of piperazine rings is 1. The van der Waals surface area contributed by atoms with E-state index < -0.39 is 0 Å². The number of rotatable bonds is 2. The molecule has 4 heterocycles. The quantitative estimate of drug-likeness (QED) is 0.792. The molecule has 0 aliphatic carbocycles. The second-order valence-electron chi connectivity index (χ2n) is 6.17. The molecule has 2 aliphatic rings. The zero-order valence-electron chi connectivity index (χ0n) is 13.4. The van der Waals surface area contributed by atoms with Gasteiger partial charge in [0.15, 0.2) is 0 Å². The maximum Gasteiger partial charge on any atom is 0.222 e. The van der Waals surface area contributed by atoms with Crippen molar-refractivity contribution in [3.63, 3.8) is 0 Å². The number of aromatic nitrogens is 4. The Morgan fingerprint density at radius 3 is 2.65 bits per heavy atom. The first-order chi connectivity index (χ1) is 11.2. The number of hydrogen-bond acceptors (Lipinski definition) is 7. The van der Waals surface area contributed by atoms with Gasteiger partial charge < -0.3 is 25.4 Å². The van der Waals surface area contributed by atoms with Crippen LogP contribution in [-0.4, -0.2) is 64.2 Å². The van der Waals surface area contributed by atoms with Gasteiger partial charge in [-0.1, -0.05) is 0 Å². The maximum atomic E-state index is 5.95. The van der Waals surface area contributed by atoms with E-state index >= 15 is 0 Å². The van der Waals surface area contributed by atoms with Gasteiger partial charge in [0.05, 0.1) is 12.2 Å². The van der Waals surface area contributed by atoms with Crippen LogP contribution in [0.3, 0.4) is 0 Å². The summed E-state index contributed by atoms with van der Waals surface area (Å²) in [5.41, 5.74) is 7.61. The Morgan fingerprint density at radius 1 is 1.04 bits per heavy atom. The summed E-state index contributed by atoms with van der Waals surface area (Å²) in [7, 11) is 2.14. The van der Waals surface area contributed by atoms with Crippen LogP contribution in [0.4, 0.5) is 11.8 Å². The van der Waals surface area contributed by atoms with E-state index in [-0.39, 0.29) is 0 Å². The highest BCUT2D eigenvalue weighted by Crippen LogP contribution is 2.23. The summed E-state index contributed by atoms with van der Waals surface area (Å²) in [4.78, 5) is 18.1. The van der Waals surface area contributed by atoms with E-state index in [1.807, 2.05) is 6.07 Å². The number of anilines is 2. The molecule has 0 bridgehead atoms. The molecular formula is C15H22N8. The largest absolute Gasteiger partial charge is 0.368 e. The fourth-order valence-electron chi connectivity index (χ4n) is 3.09. The highest BCUT2D eigenvalue weighted by atomic mass is 15.3. The van der Waals surface area contributed by atoms with Crippen molar-refractivity contribution in [2.45, 2.75) is 13.1 Å². The van der Waals surface area contributed by atoms with Crippen molar-refractivity contribution in [2.75, 3.05) is 50.4 Å². The third-order valence-corrected chi connectivity index (χ3v) is 4.49. The Kier molecular flexibility index (Phi) is 3.62. The lowest BCUT2D eigenvalue weighted by Gasteiger charge is -2.33. The van der Waals surface area contributed by atoms with E-state index in [0.717, 1.165) is 68.8 Å². The van der Waals surface area contributed by atoms with Crippen molar-refractivity contribution >= 4 is 11.8 Å². The third kappa shape index (κ3) is 2.87. The molecule has 0 radical (unpaired) electrons.